The molecule has 0 atom stereocenters. The average molecular weight is 133 g/mol. The maximum absolute atomic E-state index is 2.35. The molecule has 1 fully saturated rings. The van der Waals surface area contributed by atoms with Crippen LogP contribution in [0, 0.1) is 6.42 Å². The molecular weight excluding hydrogens is 124 g/mol. The van der Waals surface area contributed by atoms with Crippen LogP contribution < -0.4 is 0 Å². The minimum atomic E-state index is 1.27. The molecule has 0 aromatic rings. The summed E-state index contributed by atoms with van der Waals surface area (Å²) in [5, 5.41) is 0. The second-order valence-corrected chi connectivity index (χ2v) is 3.74. The Morgan fingerprint density at radius 3 is 2.14 bits per heavy atom. The SMILES string of the molecule is [CH]1CSCCSC1. The molecule has 0 saturated carbocycles. The third kappa shape index (κ3) is 2.50. The molecule has 0 nitrogen and oxygen atoms in total. The number of hydrogen-bond donors (Lipinski definition) is 0. The minimum absolute atomic E-state index is 1.27. The predicted molar refractivity (Wildman–Crippen MR) is 39.0 cm³/mol. The Hall–Kier alpha value is 0.700. The zero-order valence-corrected chi connectivity index (χ0v) is 5.86. The normalized spacial score (nSPS) is 24.0. The van der Waals surface area contributed by atoms with Crippen LogP contribution in [0.15, 0.2) is 0 Å². The van der Waals surface area contributed by atoms with Gasteiger partial charge in [-0.05, 0) is 17.9 Å². The molecule has 41 valence electrons. The first-order chi connectivity index (χ1) is 3.50. The lowest BCUT2D eigenvalue weighted by molar-refractivity contribution is 1.46. The predicted octanol–water partition coefficient (Wildman–Crippen LogP) is 1.67. The lowest BCUT2D eigenvalue weighted by atomic mass is 10.6. The van der Waals surface area contributed by atoms with Crippen LogP contribution in [0.1, 0.15) is 0 Å². The summed E-state index contributed by atoms with van der Waals surface area (Å²) in [6.07, 6.45) is 2.35. The Morgan fingerprint density at radius 1 is 1.00 bits per heavy atom. The molecule has 7 heavy (non-hydrogen) atoms. The summed E-state index contributed by atoms with van der Waals surface area (Å²) in [5.74, 6) is 5.24. The summed E-state index contributed by atoms with van der Waals surface area (Å²) in [7, 11) is 0. The summed E-state index contributed by atoms with van der Waals surface area (Å²) in [4.78, 5) is 0. The van der Waals surface area contributed by atoms with Gasteiger partial charge in [0.15, 0.2) is 0 Å². The van der Waals surface area contributed by atoms with E-state index >= 15 is 0 Å². The molecule has 1 saturated heterocycles. The van der Waals surface area contributed by atoms with Crippen molar-refractivity contribution in [3.8, 4) is 0 Å². The van der Waals surface area contributed by atoms with Crippen LogP contribution >= 0.6 is 23.5 Å². The van der Waals surface area contributed by atoms with E-state index in [9.17, 15) is 0 Å². The van der Waals surface area contributed by atoms with Crippen molar-refractivity contribution in [2.24, 2.45) is 0 Å². The molecule has 1 rings (SSSR count). The Morgan fingerprint density at radius 2 is 1.57 bits per heavy atom. The molecule has 0 aromatic heterocycles. The summed E-state index contributed by atoms with van der Waals surface area (Å²) in [6.45, 7) is 0. The molecule has 0 bridgehead atoms. The molecular formula is C5H9S2. The average Bonchev–Trinajstić information content (AvgIpc) is 1.90. The molecule has 1 aliphatic rings. The Balaban J connectivity index is 2.04. The van der Waals surface area contributed by atoms with Gasteiger partial charge >= 0.3 is 0 Å². The number of hydrogen-bond acceptors (Lipinski definition) is 2. The molecule has 0 N–H and O–H groups in total. The number of thioether (sulfide) groups is 2. The van der Waals surface area contributed by atoms with Crippen molar-refractivity contribution in [3.05, 3.63) is 6.42 Å². The fourth-order valence-corrected chi connectivity index (χ4v) is 2.49. The van der Waals surface area contributed by atoms with Gasteiger partial charge in [-0.3, -0.25) is 0 Å². The monoisotopic (exact) mass is 133 g/mol. The van der Waals surface area contributed by atoms with Gasteiger partial charge in [-0.15, -0.1) is 0 Å². The Kier molecular flexibility index (Phi) is 3.06. The second kappa shape index (κ2) is 3.67. The van der Waals surface area contributed by atoms with Crippen molar-refractivity contribution in [2.75, 3.05) is 23.0 Å². The summed E-state index contributed by atoms with van der Waals surface area (Å²) >= 11 is 4.08. The molecule has 0 aromatic carbocycles. The summed E-state index contributed by atoms with van der Waals surface area (Å²) in [5.41, 5.74) is 0. The zero-order chi connectivity index (χ0) is 4.95. The highest BCUT2D eigenvalue weighted by Gasteiger charge is 1.96. The van der Waals surface area contributed by atoms with Crippen LogP contribution in [0.25, 0.3) is 0 Å². The highest BCUT2D eigenvalue weighted by molar-refractivity contribution is 8.03. The first-order valence-corrected chi connectivity index (χ1v) is 4.78. The fourth-order valence-electron chi connectivity index (χ4n) is 0.499. The van der Waals surface area contributed by atoms with Gasteiger partial charge < -0.3 is 0 Å². The van der Waals surface area contributed by atoms with E-state index in [4.69, 9.17) is 0 Å². The highest BCUT2D eigenvalue weighted by Crippen LogP contribution is 2.14. The Bertz CT molecular complexity index is 25.7. The van der Waals surface area contributed by atoms with E-state index in [0.29, 0.717) is 0 Å². The quantitative estimate of drug-likeness (QED) is 0.493. The van der Waals surface area contributed by atoms with Crippen LogP contribution in [0.4, 0.5) is 0 Å². The van der Waals surface area contributed by atoms with Gasteiger partial charge in [0, 0.05) is 11.5 Å². The lowest BCUT2D eigenvalue weighted by Gasteiger charge is -1.86. The third-order valence-electron chi connectivity index (χ3n) is 0.843. The van der Waals surface area contributed by atoms with Crippen molar-refractivity contribution < 1.29 is 0 Å². The molecule has 1 heterocycles. The standard InChI is InChI=1S/C5H9S2/c1-2-6-4-5-7-3-1/h1H,2-5H2. The van der Waals surface area contributed by atoms with Crippen molar-refractivity contribution in [2.45, 2.75) is 0 Å². The van der Waals surface area contributed by atoms with Gasteiger partial charge in [0.2, 0.25) is 0 Å². The van der Waals surface area contributed by atoms with Gasteiger partial charge in [0.25, 0.3) is 0 Å². The number of rotatable bonds is 0. The molecule has 0 unspecified atom stereocenters. The van der Waals surface area contributed by atoms with Crippen molar-refractivity contribution in [3.63, 3.8) is 0 Å². The first kappa shape index (κ1) is 5.83. The summed E-state index contributed by atoms with van der Waals surface area (Å²) in [6, 6.07) is 0. The topological polar surface area (TPSA) is 0 Å². The van der Waals surface area contributed by atoms with Gasteiger partial charge in [-0.2, -0.15) is 23.5 Å². The van der Waals surface area contributed by atoms with E-state index in [1.807, 2.05) is 23.5 Å². The maximum atomic E-state index is 2.35. The van der Waals surface area contributed by atoms with Crippen LogP contribution in [0.5, 0.6) is 0 Å². The van der Waals surface area contributed by atoms with E-state index in [0.717, 1.165) is 0 Å². The molecule has 1 aliphatic heterocycles. The van der Waals surface area contributed by atoms with E-state index in [2.05, 4.69) is 6.42 Å². The third-order valence-corrected chi connectivity index (χ3v) is 3.03. The molecule has 0 amide bonds. The smallest absolute Gasteiger partial charge is 0.00236 e. The van der Waals surface area contributed by atoms with Crippen molar-refractivity contribution >= 4 is 23.5 Å². The van der Waals surface area contributed by atoms with Gasteiger partial charge in [0.1, 0.15) is 0 Å². The summed E-state index contributed by atoms with van der Waals surface area (Å²) < 4.78 is 0. The minimum Gasteiger partial charge on any atom is -0.161 e. The van der Waals surface area contributed by atoms with E-state index in [1.54, 1.807) is 0 Å². The van der Waals surface area contributed by atoms with Gasteiger partial charge in [-0.25, -0.2) is 0 Å². The highest BCUT2D eigenvalue weighted by atomic mass is 32.2. The van der Waals surface area contributed by atoms with E-state index in [-0.39, 0.29) is 0 Å². The lowest BCUT2D eigenvalue weighted by Crippen LogP contribution is -1.77. The van der Waals surface area contributed by atoms with Gasteiger partial charge in [0.05, 0.1) is 0 Å². The van der Waals surface area contributed by atoms with E-state index < -0.39 is 0 Å². The Labute approximate surface area is 53.4 Å². The van der Waals surface area contributed by atoms with E-state index in [1.165, 1.54) is 23.0 Å². The second-order valence-electron chi connectivity index (χ2n) is 1.44. The fraction of sp³-hybridized carbons (Fsp3) is 0.800. The van der Waals surface area contributed by atoms with Crippen molar-refractivity contribution in [1.82, 2.24) is 0 Å². The zero-order valence-electron chi connectivity index (χ0n) is 4.22. The molecule has 2 heteroatoms. The van der Waals surface area contributed by atoms with Crippen LogP contribution in [-0.2, 0) is 0 Å². The largest absolute Gasteiger partial charge is 0.161 e. The van der Waals surface area contributed by atoms with Crippen LogP contribution in [-0.4, -0.2) is 23.0 Å². The van der Waals surface area contributed by atoms with Crippen LogP contribution in [0.3, 0.4) is 0 Å². The molecule has 0 spiro atoms. The van der Waals surface area contributed by atoms with Crippen LogP contribution in [0.2, 0.25) is 0 Å². The van der Waals surface area contributed by atoms with Crippen molar-refractivity contribution in [1.29, 1.82) is 0 Å². The van der Waals surface area contributed by atoms with Gasteiger partial charge in [-0.1, -0.05) is 0 Å². The molecule has 1 radical (unpaired) electrons. The molecule has 0 aliphatic carbocycles. The maximum Gasteiger partial charge on any atom is 0.00236 e. The first-order valence-electron chi connectivity index (χ1n) is 2.47.